The number of hydrogen-bond acceptors (Lipinski definition) is 5. The predicted molar refractivity (Wildman–Crippen MR) is 76.5 cm³/mol. The second-order valence-electron chi connectivity index (χ2n) is 4.66. The van der Waals surface area contributed by atoms with Crippen molar-refractivity contribution in [2.75, 3.05) is 11.9 Å². The molecule has 130 valence electrons. The number of hydrogen-bond donors (Lipinski definition) is 2. The largest absolute Gasteiger partial charge is 0.476 e. The number of thiazole rings is 1. The monoisotopic (exact) mass is 367 g/mol. The molecule has 0 saturated carbocycles. The molecule has 5 nitrogen and oxygen atoms in total. The number of aryl methyl sites for hydroxylation is 1. The SMILES string of the molecule is Cc1nc(C(=O)O)sc1-c1cnc(NCC(F)(F)F)cc1C(F)F. The van der Waals surface area contributed by atoms with Crippen LogP contribution in [0.1, 0.15) is 27.5 Å². The summed E-state index contributed by atoms with van der Waals surface area (Å²) in [6.07, 6.45) is -6.52. The van der Waals surface area contributed by atoms with Gasteiger partial charge in [0.15, 0.2) is 0 Å². The highest BCUT2D eigenvalue weighted by Gasteiger charge is 2.27. The van der Waals surface area contributed by atoms with E-state index in [0.29, 0.717) is 11.3 Å². The fourth-order valence-corrected chi connectivity index (χ4v) is 2.80. The van der Waals surface area contributed by atoms with E-state index in [4.69, 9.17) is 5.11 Å². The molecule has 0 aliphatic rings. The number of nitrogens with zero attached hydrogens (tertiary/aromatic N) is 2. The van der Waals surface area contributed by atoms with Crippen molar-refractivity contribution < 1.29 is 31.9 Å². The van der Waals surface area contributed by atoms with E-state index in [1.807, 2.05) is 5.32 Å². The summed E-state index contributed by atoms with van der Waals surface area (Å²) in [5.74, 6) is -1.66. The van der Waals surface area contributed by atoms with Crippen LogP contribution >= 0.6 is 11.3 Å². The summed E-state index contributed by atoms with van der Waals surface area (Å²) < 4.78 is 63.0. The van der Waals surface area contributed by atoms with Gasteiger partial charge in [-0.2, -0.15) is 13.2 Å². The van der Waals surface area contributed by atoms with Gasteiger partial charge >= 0.3 is 12.1 Å². The molecule has 0 radical (unpaired) electrons. The first-order valence-corrected chi connectivity index (χ1v) is 7.20. The molecule has 2 aromatic heterocycles. The second-order valence-corrected chi connectivity index (χ2v) is 5.66. The van der Waals surface area contributed by atoms with Crippen LogP contribution in [0.3, 0.4) is 0 Å². The summed E-state index contributed by atoms with van der Waals surface area (Å²) in [6, 6.07) is 0.811. The van der Waals surface area contributed by atoms with Crippen LogP contribution in [-0.4, -0.2) is 33.8 Å². The number of nitrogens with one attached hydrogen (secondary N) is 1. The van der Waals surface area contributed by atoms with E-state index in [-0.39, 0.29) is 27.0 Å². The Morgan fingerprint density at radius 3 is 2.58 bits per heavy atom. The number of carboxylic acid groups (broad SMARTS) is 1. The Kier molecular flexibility index (Phi) is 5.02. The Bertz CT molecular complexity index is 761. The van der Waals surface area contributed by atoms with E-state index >= 15 is 0 Å². The first-order chi connectivity index (χ1) is 11.1. The van der Waals surface area contributed by atoms with Gasteiger partial charge in [-0.05, 0) is 13.0 Å². The Labute approximate surface area is 136 Å². The van der Waals surface area contributed by atoms with E-state index in [0.717, 1.165) is 12.3 Å². The maximum atomic E-state index is 13.3. The Morgan fingerprint density at radius 2 is 2.08 bits per heavy atom. The fourth-order valence-electron chi connectivity index (χ4n) is 1.87. The summed E-state index contributed by atoms with van der Waals surface area (Å²) in [7, 11) is 0. The first-order valence-electron chi connectivity index (χ1n) is 6.38. The van der Waals surface area contributed by atoms with Crippen molar-refractivity contribution in [2.24, 2.45) is 0 Å². The number of aromatic nitrogens is 2. The summed E-state index contributed by atoms with van der Waals surface area (Å²) in [4.78, 5) is 18.5. The molecule has 0 saturated heterocycles. The first kappa shape index (κ1) is 18.0. The third-order valence-electron chi connectivity index (χ3n) is 2.87. The standard InChI is InChI=1S/C13H10F5N3O2S/c1-5-9(24-11(21-5)12(22)23)7-3-19-8(2-6(7)10(14)15)20-4-13(16,17)18/h2-3,10H,4H2,1H3,(H,19,20)(H,22,23). The molecular weight excluding hydrogens is 357 g/mol. The van der Waals surface area contributed by atoms with Crippen LogP contribution in [0.15, 0.2) is 12.3 Å². The van der Waals surface area contributed by atoms with E-state index < -0.39 is 30.7 Å². The zero-order valence-electron chi connectivity index (χ0n) is 12.0. The third kappa shape index (κ3) is 4.16. The molecule has 2 N–H and O–H groups in total. The van der Waals surface area contributed by atoms with Gasteiger partial charge in [0.2, 0.25) is 5.01 Å². The summed E-state index contributed by atoms with van der Waals surface area (Å²) >= 11 is 0.691. The van der Waals surface area contributed by atoms with Gasteiger partial charge in [-0.15, -0.1) is 11.3 Å². The Morgan fingerprint density at radius 1 is 1.42 bits per heavy atom. The second kappa shape index (κ2) is 6.67. The number of aromatic carboxylic acids is 1. The maximum absolute atomic E-state index is 13.3. The van der Waals surface area contributed by atoms with Crippen LogP contribution in [0.2, 0.25) is 0 Å². The van der Waals surface area contributed by atoms with E-state index in [1.165, 1.54) is 6.92 Å². The highest BCUT2D eigenvalue weighted by atomic mass is 32.1. The average Bonchev–Trinajstić information content (AvgIpc) is 2.86. The van der Waals surface area contributed by atoms with Crippen LogP contribution in [0, 0.1) is 6.92 Å². The topological polar surface area (TPSA) is 75.1 Å². The number of rotatable bonds is 5. The summed E-state index contributed by atoms with van der Waals surface area (Å²) in [5.41, 5.74) is -0.402. The van der Waals surface area contributed by atoms with Gasteiger partial charge in [-0.1, -0.05) is 0 Å². The normalized spacial score (nSPS) is 11.8. The van der Waals surface area contributed by atoms with E-state index in [2.05, 4.69) is 9.97 Å². The highest BCUT2D eigenvalue weighted by Crippen LogP contribution is 2.37. The molecule has 0 atom stereocenters. The number of anilines is 1. The van der Waals surface area contributed by atoms with Crippen molar-refractivity contribution in [3.05, 3.63) is 28.5 Å². The van der Waals surface area contributed by atoms with Gasteiger partial charge in [0.1, 0.15) is 12.4 Å². The molecular formula is C13H10F5N3O2S. The van der Waals surface area contributed by atoms with Crippen molar-refractivity contribution in [1.29, 1.82) is 0 Å². The van der Waals surface area contributed by atoms with Crippen LogP contribution in [0.25, 0.3) is 10.4 Å². The quantitative estimate of drug-likeness (QED) is 0.778. The lowest BCUT2D eigenvalue weighted by atomic mass is 10.1. The number of halogens is 5. The van der Waals surface area contributed by atoms with Crippen molar-refractivity contribution in [3.8, 4) is 10.4 Å². The summed E-state index contributed by atoms with van der Waals surface area (Å²) in [6.45, 7) is 0.0358. The molecule has 0 aliphatic carbocycles. The molecule has 2 aromatic rings. The van der Waals surface area contributed by atoms with Gasteiger partial charge in [0, 0.05) is 17.3 Å². The van der Waals surface area contributed by atoms with Crippen LogP contribution in [0.4, 0.5) is 27.8 Å². The van der Waals surface area contributed by atoms with Crippen LogP contribution in [-0.2, 0) is 0 Å². The van der Waals surface area contributed by atoms with Gasteiger partial charge in [-0.25, -0.2) is 23.5 Å². The van der Waals surface area contributed by atoms with Crippen LogP contribution < -0.4 is 5.32 Å². The van der Waals surface area contributed by atoms with Crippen molar-refractivity contribution in [1.82, 2.24) is 9.97 Å². The lowest BCUT2D eigenvalue weighted by molar-refractivity contribution is -0.115. The van der Waals surface area contributed by atoms with Gasteiger partial charge < -0.3 is 10.4 Å². The van der Waals surface area contributed by atoms with Crippen molar-refractivity contribution in [3.63, 3.8) is 0 Å². The van der Waals surface area contributed by atoms with Crippen LogP contribution in [0.5, 0.6) is 0 Å². The average molecular weight is 367 g/mol. The Balaban J connectivity index is 2.42. The van der Waals surface area contributed by atoms with Gasteiger partial charge in [-0.3, -0.25) is 0 Å². The van der Waals surface area contributed by atoms with E-state index in [1.54, 1.807) is 0 Å². The molecule has 0 aromatic carbocycles. The number of carboxylic acids is 1. The smallest absolute Gasteiger partial charge is 0.405 e. The summed E-state index contributed by atoms with van der Waals surface area (Å²) in [5, 5.41) is 10.6. The number of pyridine rings is 1. The zero-order valence-corrected chi connectivity index (χ0v) is 12.8. The molecule has 0 spiro atoms. The van der Waals surface area contributed by atoms with Gasteiger partial charge in [0.05, 0.1) is 10.6 Å². The van der Waals surface area contributed by atoms with Gasteiger partial charge in [0.25, 0.3) is 6.43 Å². The lowest BCUT2D eigenvalue weighted by Gasteiger charge is -2.12. The number of alkyl halides is 5. The zero-order chi connectivity index (χ0) is 18.1. The van der Waals surface area contributed by atoms with E-state index in [9.17, 15) is 26.7 Å². The molecule has 0 unspecified atom stereocenters. The minimum atomic E-state index is -4.52. The molecule has 2 rings (SSSR count). The molecule has 24 heavy (non-hydrogen) atoms. The molecule has 0 bridgehead atoms. The predicted octanol–water partition coefficient (Wildman–Crippen LogP) is 4.12. The number of carbonyl (C=O) groups is 1. The highest BCUT2D eigenvalue weighted by molar-refractivity contribution is 7.17. The molecule has 0 amide bonds. The minimum Gasteiger partial charge on any atom is -0.476 e. The Hall–Kier alpha value is -2.30. The van der Waals surface area contributed by atoms with Crippen molar-refractivity contribution in [2.45, 2.75) is 19.5 Å². The molecule has 2 heterocycles. The molecule has 0 fully saturated rings. The third-order valence-corrected chi connectivity index (χ3v) is 4.04. The minimum absolute atomic E-state index is 0.0648. The maximum Gasteiger partial charge on any atom is 0.405 e. The molecule has 0 aliphatic heterocycles. The van der Waals surface area contributed by atoms with Crippen molar-refractivity contribution >= 4 is 23.1 Å². The fraction of sp³-hybridized carbons (Fsp3) is 0.308. The molecule has 11 heteroatoms. The lowest BCUT2D eigenvalue weighted by Crippen LogP contribution is -2.21.